The highest BCUT2D eigenvalue weighted by Gasteiger charge is 2.31. The second-order valence-electron chi connectivity index (χ2n) is 5.69. The van der Waals surface area contributed by atoms with E-state index in [9.17, 15) is 18.0 Å². The van der Waals surface area contributed by atoms with Gasteiger partial charge in [-0.25, -0.2) is 12.7 Å². The van der Waals surface area contributed by atoms with Crippen LogP contribution >= 0.6 is 0 Å². The van der Waals surface area contributed by atoms with Gasteiger partial charge >= 0.3 is 5.97 Å². The Morgan fingerprint density at radius 1 is 1.14 bits per heavy atom. The molecule has 2 aliphatic rings. The SMILES string of the molecule is O=C(O)C1CCN(C(=O)CCCS(=O)(=O)N2CCCC2)C1. The van der Waals surface area contributed by atoms with Crippen LogP contribution < -0.4 is 0 Å². The zero-order valence-corrected chi connectivity index (χ0v) is 12.8. The minimum absolute atomic E-state index is 0.00502. The Morgan fingerprint density at radius 3 is 2.38 bits per heavy atom. The van der Waals surface area contributed by atoms with Crippen molar-refractivity contribution in [2.24, 2.45) is 5.92 Å². The number of carboxylic acids is 1. The molecule has 21 heavy (non-hydrogen) atoms. The standard InChI is InChI=1S/C13H22N2O5S/c16-12(14-8-5-11(10-14)13(17)18)4-3-9-21(19,20)15-6-1-2-7-15/h11H,1-10H2,(H,17,18). The van der Waals surface area contributed by atoms with Crippen molar-refractivity contribution >= 4 is 21.9 Å². The Kier molecular flexibility index (Phi) is 5.21. The van der Waals surface area contributed by atoms with Gasteiger partial charge in [0.15, 0.2) is 0 Å². The van der Waals surface area contributed by atoms with Crippen molar-refractivity contribution in [1.29, 1.82) is 0 Å². The van der Waals surface area contributed by atoms with Gasteiger partial charge in [0, 0.05) is 32.6 Å². The molecule has 120 valence electrons. The third kappa shape index (κ3) is 4.16. The summed E-state index contributed by atoms with van der Waals surface area (Å²) in [5, 5.41) is 8.89. The number of sulfonamides is 1. The summed E-state index contributed by atoms with van der Waals surface area (Å²) in [6.07, 6.45) is 2.75. The average Bonchev–Trinajstić information content (AvgIpc) is 3.10. The summed E-state index contributed by atoms with van der Waals surface area (Å²) in [6.45, 7) is 1.87. The zero-order chi connectivity index (χ0) is 15.5. The Hall–Kier alpha value is -1.15. The van der Waals surface area contributed by atoms with Crippen molar-refractivity contribution in [3.63, 3.8) is 0 Å². The van der Waals surface area contributed by atoms with Crippen molar-refractivity contribution in [3.8, 4) is 0 Å². The van der Waals surface area contributed by atoms with Crippen molar-refractivity contribution < 1.29 is 23.1 Å². The molecule has 1 unspecified atom stereocenters. The predicted molar refractivity (Wildman–Crippen MR) is 76.2 cm³/mol. The number of amides is 1. The number of hydrogen-bond acceptors (Lipinski definition) is 4. The summed E-state index contributed by atoms with van der Waals surface area (Å²) in [6, 6.07) is 0. The van der Waals surface area contributed by atoms with E-state index >= 15 is 0 Å². The van der Waals surface area contributed by atoms with Gasteiger partial charge in [0.25, 0.3) is 0 Å². The van der Waals surface area contributed by atoms with Crippen LogP contribution in [0, 0.1) is 5.92 Å². The van der Waals surface area contributed by atoms with Crippen LogP contribution in [0.4, 0.5) is 0 Å². The molecule has 1 amide bonds. The fourth-order valence-electron chi connectivity index (χ4n) is 2.85. The van der Waals surface area contributed by atoms with Crippen LogP contribution in [0.15, 0.2) is 0 Å². The van der Waals surface area contributed by atoms with E-state index in [1.807, 2.05) is 0 Å². The Morgan fingerprint density at radius 2 is 1.81 bits per heavy atom. The molecular formula is C13H22N2O5S. The number of aliphatic carboxylic acids is 1. The number of rotatable bonds is 6. The molecule has 2 aliphatic heterocycles. The molecule has 0 spiro atoms. The van der Waals surface area contributed by atoms with Gasteiger partial charge in [0.05, 0.1) is 11.7 Å². The number of carbonyl (C=O) groups excluding carboxylic acids is 1. The van der Waals surface area contributed by atoms with E-state index in [1.165, 1.54) is 9.21 Å². The van der Waals surface area contributed by atoms with Crippen LogP contribution in [-0.4, -0.2) is 66.5 Å². The number of nitrogens with zero attached hydrogens (tertiary/aromatic N) is 2. The van der Waals surface area contributed by atoms with Gasteiger partial charge in [-0.05, 0) is 25.7 Å². The second-order valence-corrected chi connectivity index (χ2v) is 7.78. The smallest absolute Gasteiger partial charge is 0.308 e. The highest BCUT2D eigenvalue weighted by atomic mass is 32.2. The first kappa shape index (κ1) is 16.2. The van der Waals surface area contributed by atoms with Crippen LogP contribution in [0.25, 0.3) is 0 Å². The zero-order valence-electron chi connectivity index (χ0n) is 12.0. The van der Waals surface area contributed by atoms with Gasteiger partial charge in [-0.1, -0.05) is 0 Å². The third-order valence-electron chi connectivity index (χ3n) is 4.14. The Labute approximate surface area is 125 Å². The highest BCUT2D eigenvalue weighted by molar-refractivity contribution is 7.89. The average molecular weight is 318 g/mol. The summed E-state index contributed by atoms with van der Waals surface area (Å²) in [7, 11) is -3.23. The minimum Gasteiger partial charge on any atom is -0.481 e. The van der Waals surface area contributed by atoms with Crippen LogP contribution in [0.5, 0.6) is 0 Å². The Balaban J connectivity index is 1.73. The van der Waals surface area contributed by atoms with Gasteiger partial charge in [0.1, 0.15) is 0 Å². The molecule has 1 N–H and O–H groups in total. The lowest BCUT2D eigenvalue weighted by atomic mass is 10.1. The number of hydrogen-bond donors (Lipinski definition) is 1. The molecule has 0 saturated carbocycles. The van der Waals surface area contributed by atoms with Gasteiger partial charge in [-0.3, -0.25) is 9.59 Å². The third-order valence-corrected chi connectivity index (χ3v) is 6.10. The normalized spacial score (nSPS) is 23.6. The van der Waals surface area contributed by atoms with Crippen LogP contribution in [0.3, 0.4) is 0 Å². The van der Waals surface area contributed by atoms with Crippen LogP contribution in [0.1, 0.15) is 32.1 Å². The monoisotopic (exact) mass is 318 g/mol. The molecule has 2 rings (SSSR count). The van der Waals surface area contributed by atoms with E-state index < -0.39 is 21.9 Å². The van der Waals surface area contributed by atoms with E-state index in [2.05, 4.69) is 0 Å². The predicted octanol–water partition coefficient (Wildman–Crippen LogP) is 0.125. The van der Waals surface area contributed by atoms with Crippen LogP contribution in [0.2, 0.25) is 0 Å². The topological polar surface area (TPSA) is 95.0 Å². The molecule has 0 aromatic rings. The van der Waals surface area contributed by atoms with Crippen molar-refractivity contribution in [1.82, 2.24) is 9.21 Å². The molecule has 0 aliphatic carbocycles. The molecule has 0 aromatic heterocycles. The van der Waals surface area contributed by atoms with Gasteiger partial charge in [-0.15, -0.1) is 0 Å². The molecule has 7 nitrogen and oxygen atoms in total. The maximum atomic E-state index is 12.0. The number of carbonyl (C=O) groups is 2. The molecule has 8 heteroatoms. The Bertz CT molecular complexity index is 499. The maximum absolute atomic E-state index is 12.0. The minimum atomic E-state index is -3.23. The summed E-state index contributed by atoms with van der Waals surface area (Å²) >= 11 is 0. The van der Waals surface area contributed by atoms with Crippen molar-refractivity contribution in [3.05, 3.63) is 0 Å². The lowest BCUT2D eigenvalue weighted by Crippen LogP contribution is -2.32. The van der Waals surface area contributed by atoms with Crippen molar-refractivity contribution in [2.75, 3.05) is 31.9 Å². The summed E-state index contributed by atoms with van der Waals surface area (Å²) < 4.78 is 25.5. The second kappa shape index (κ2) is 6.74. The summed E-state index contributed by atoms with van der Waals surface area (Å²) in [4.78, 5) is 24.3. The van der Waals surface area contributed by atoms with E-state index in [1.54, 1.807) is 0 Å². The number of likely N-dealkylation sites (tertiary alicyclic amines) is 1. The highest BCUT2D eigenvalue weighted by Crippen LogP contribution is 2.18. The summed E-state index contributed by atoms with van der Waals surface area (Å²) in [5.74, 6) is -1.51. The van der Waals surface area contributed by atoms with Crippen LogP contribution in [-0.2, 0) is 19.6 Å². The van der Waals surface area contributed by atoms with Gasteiger partial charge in [0.2, 0.25) is 15.9 Å². The lowest BCUT2D eigenvalue weighted by Gasteiger charge is -2.17. The number of carboxylic acid groups (broad SMARTS) is 1. The lowest BCUT2D eigenvalue weighted by molar-refractivity contribution is -0.141. The van der Waals surface area contributed by atoms with E-state index in [0.29, 0.717) is 32.5 Å². The molecule has 0 aromatic carbocycles. The van der Waals surface area contributed by atoms with E-state index in [0.717, 1.165) is 12.8 Å². The van der Waals surface area contributed by atoms with Gasteiger partial charge in [-0.2, -0.15) is 0 Å². The van der Waals surface area contributed by atoms with Crippen molar-refractivity contribution in [2.45, 2.75) is 32.1 Å². The largest absolute Gasteiger partial charge is 0.481 e. The fourth-order valence-corrected chi connectivity index (χ4v) is 4.43. The first-order valence-corrected chi connectivity index (χ1v) is 8.99. The first-order valence-electron chi connectivity index (χ1n) is 7.38. The molecule has 2 fully saturated rings. The van der Waals surface area contributed by atoms with Gasteiger partial charge < -0.3 is 10.0 Å². The quantitative estimate of drug-likeness (QED) is 0.751. The van der Waals surface area contributed by atoms with E-state index in [4.69, 9.17) is 5.11 Å². The molecular weight excluding hydrogens is 296 g/mol. The molecule has 2 saturated heterocycles. The molecule has 1 atom stereocenters. The molecule has 0 bridgehead atoms. The fraction of sp³-hybridized carbons (Fsp3) is 0.846. The molecule has 2 heterocycles. The summed E-state index contributed by atoms with van der Waals surface area (Å²) in [5.41, 5.74) is 0. The van der Waals surface area contributed by atoms with E-state index in [-0.39, 0.29) is 24.6 Å². The maximum Gasteiger partial charge on any atom is 0.308 e. The molecule has 0 radical (unpaired) electrons. The first-order chi connectivity index (χ1) is 9.90.